The number of non-ortho nitro benzene ring substituents is 1. The Balaban J connectivity index is 2.39. The topological polar surface area (TPSA) is 65.3 Å². The summed E-state index contributed by atoms with van der Waals surface area (Å²) in [4.78, 5) is 15.6. The van der Waals surface area contributed by atoms with E-state index >= 15 is 0 Å². The van der Waals surface area contributed by atoms with Gasteiger partial charge in [-0.15, -0.1) is 11.3 Å². The predicted molar refractivity (Wildman–Crippen MR) is 70.1 cm³/mol. The molecule has 0 atom stereocenters. The van der Waals surface area contributed by atoms with Gasteiger partial charge in [0.25, 0.3) is 5.69 Å². The monoisotopic (exact) mass is 264 g/mol. The summed E-state index contributed by atoms with van der Waals surface area (Å²) in [5.74, 6) is 0.601. The van der Waals surface area contributed by atoms with Gasteiger partial charge in [0, 0.05) is 17.7 Å². The van der Waals surface area contributed by atoms with Crippen LogP contribution in [0.4, 0.5) is 5.69 Å². The highest BCUT2D eigenvalue weighted by Crippen LogP contribution is 2.33. The van der Waals surface area contributed by atoms with Gasteiger partial charge in [0.15, 0.2) is 0 Å². The first-order valence-corrected chi connectivity index (χ1v) is 6.28. The smallest absolute Gasteiger partial charge is 0.270 e. The molecular formula is C12H12N2O3S. The van der Waals surface area contributed by atoms with Gasteiger partial charge in [0.1, 0.15) is 5.01 Å². The highest BCUT2D eigenvalue weighted by molar-refractivity contribution is 7.15. The van der Waals surface area contributed by atoms with Crippen molar-refractivity contribution < 1.29 is 9.66 Å². The largest absolute Gasteiger partial charge is 0.477 e. The van der Waals surface area contributed by atoms with Gasteiger partial charge in [0.2, 0.25) is 5.88 Å². The number of benzene rings is 1. The van der Waals surface area contributed by atoms with Crippen molar-refractivity contribution >= 4 is 17.0 Å². The van der Waals surface area contributed by atoms with E-state index < -0.39 is 4.92 Å². The maximum absolute atomic E-state index is 10.7. The zero-order valence-corrected chi connectivity index (χ0v) is 10.9. The molecule has 0 radical (unpaired) electrons. The predicted octanol–water partition coefficient (Wildman–Crippen LogP) is 3.43. The average molecular weight is 264 g/mol. The van der Waals surface area contributed by atoms with Gasteiger partial charge >= 0.3 is 0 Å². The van der Waals surface area contributed by atoms with Gasteiger partial charge in [-0.2, -0.15) is 0 Å². The fraction of sp³-hybridized carbons (Fsp3) is 0.250. The van der Waals surface area contributed by atoms with Crippen molar-refractivity contribution in [2.45, 2.75) is 13.8 Å². The molecule has 0 fully saturated rings. The molecule has 0 amide bonds. The maximum atomic E-state index is 10.7. The first kappa shape index (κ1) is 12.5. The molecule has 6 heteroatoms. The van der Waals surface area contributed by atoms with Crippen LogP contribution in [0.25, 0.3) is 10.6 Å². The Morgan fingerprint density at radius 1 is 1.50 bits per heavy atom. The Labute approximate surface area is 108 Å². The van der Waals surface area contributed by atoms with Crippen LogP contribution in [0.1, 0.15) is 11.8 Å². The van der Waals surface area contributed by atoms with E-state index in [1.54, 1.807) is 12.1 Å². The van der Waals surface area contributed by atoms with E-state index in [2.05, 4.69) is 4.98 Å². The third-order valence-electron chi connectivity index (χ3n) is 2.34. The quantitative estimate of drug-likeness (QED) is 0.627. The van der Waals surface area contributed by atoms with Crippen LogP contribution in [0.5, 0.6) is 5.88 Å². The molecule has 0 spiro atoms. The van der Waals surface area contributed by atoms with Crippen LogP contribution in [0.3, 0.4) is 0 Å². The third kappa shape index (κ3) is 2.48. The number of nitro groups is 1. The third-order valence-corrected chi connectivity index (χ3v) is 3.34. The summed E-state index contributed by atoms with van der Waals surface area (Å²) in [6.45, 7) is 4.37. The average Bonchev–Trinajstić information content (AvgIpc) is 2.72. The minimum absolute atomic E-state index is 0.0679. The molecule has 94 valence electrons. The molecule has 0 saturated carbocycles. The number of thiazole rings is 1. The van der Waals surface area contributed by atoms with E-state index in [0.29, 0.717) is 12.5 Å². The molecule has 2 rings (SSSR count). The van der Waals surface area contributed by atoms with E-state index in [-0.39, 0.29) is 5.69 Å². The van der Waals surface area contributed by atoms with Crippen molar-refractivity contribution in [3.05, 3.63) is 39.3 Å². The number of rotatable bonds is 4. The molecule has 0 N–H and O–H groups in total. The lowest BCUT2D eigenvalue weighted by molar-refractivity contribution is -0.384. The number of hydrogen-bond donors (Lipinski definition) is 0. The molecular weight excluding hydrogens is 252 g/mol. The number of nitro benzene ring substituents is 1. The van der Waals surface area contributed by atoms with Crippen LogP contribution in [0.15, 0.2) is 24.3 Å². The van der Waals surface area contributed by atoms with Crippen molar-refractivity contribution in [2.24, 2.45) is 0 Å². The van der Waals surface area contributed by atoms with E-state index in [1.807, 2.05) is 13.8 Å². The fourth-order valence-corrected chi connectivity index (χ4v) is 2.38. The minimum atomic E-state index is -0.409. The molecule has 18 heavy (non-hydrogen) atoms. The van der Waals surface area contributed by atoms with Gasteiger partial charge in [-0.05, 0) is 13.8 Å². The van der Waals surface area contributed by atoms with Crippen LogP contribution in [0, 0.1) is 17.0 Å². The van der Waals surface area contributed by atoms with Crippen molar-refractivity contribution in [1.29, 1.82) is 0 Å². The number of aryl methyl sites for hydroxylation is 1. The molecule has 0 aliphatic rings. The highest BCUT2D eigenvalue weighted by atomic mass is 32.1. The van der Waals surface area contributed by atoms with E-state index in [9.17, 15) is 10.1 Å². The first-order chi connectivity index (χ1) is 8.61. The van der Waals surface area contributed by atoms with E-state index in [0.717, 1.165) is 15.4 Å². The lowest BCUT2D eigenvalue weighted by Gasteiger charge is -1.97. The molecule has 1 aromatic heterocycles. The van der Waals surface area contributed by atoms with E-state index in [4.69, 9.17) is 4.74 Å². The van der Waals surface area contributed by atoms with Crippen molar-refractivity contribution in [2.75, 3.05) is 6.61 Å². The van der Waals surface area contributed by atoms with Gasteiger partial charge < -0.3 is 4.74 Å². The fourth-order valence-electron chi connectivity index (χ4n) is 1.53. The number of ether oxygens (including phenoxy) is 1. The highest BCUT2D eigenvalue weighted by Gasteiger charge is 2.13. The first-order valence-electron chi connectivity index (χ1n) is 5.47. The van der Waals surface area contributed by atoms with Crippen LogP contribution >= 0.6 is 11.3 Å². The number of hydrogen-bond acceptors (Lipinski definition) is 5. The van der Waals surface area contributed by atoms with Crippen LogP contribution < -0.4 is 4.74 Å². The second-order valence-electron chi connectivity index (χ2n) is 3.62. The molecule has 0 bridgehead atoms. The Morgan fingerprint density at radius 3 is 2.94 bits per heavy atom. The second kappa shape index (κ2) is 5.14. The SMILES string of the molecule is CCOc1nc(-c2cccc([N+](=O)[O-])c2)sc1C. The summed E-state index contributed by atoms with van der Waals surface area (Å²) in [5, 5.41) is 11.5. The van der Waals surface area contributed by atoms with Crippen molar-refractivity contribution in [1.82, 2.24) is 4.98 Å². The summed E-state index contributed by atoms with van der Waals surface area (Å²) < 4.78 is 5.38. The molecule has 2 aromatic rings. The van der Waals surface area contributed by atoms with E-state index in [1.165, 1.54) is 23.5 Å². The minimum Gasteiger partial charge on any atom is -0.477 e. The summed E-state index contributed by atoms with van der Waals surface area (Å²) >= 11 is 1.47. The normalized spacial score (nSPS) is 10.3. The maximum Gasteiger partial charge on any atom is 0.270 e. The second-order valence-corrected chi connectivity index (χ2v) is 4.82. The summed E-state index contributed by atoms with van der Waals surface area (Å²) in [5.41, 5.74) is 0.807. The standard InChI is InChI=1S/C12H12N2O3S/c1-3-17-11-8(2)18-12(13-11)9-5-4-6-10(7-9)14(15)16/h4-7H,3H2,1-2H3. The van der Waals surface area contributed by atoms with Crippen LogP contribution in [-0.4, -0.2) is 16.5 Å². The molecule has 1 heterocycles. The zero-order chi connectivity index (χ0) is 13.1. The summed E-state index contributed by atoms with van der Waals surface area (Å²) in [6.07, 6.45) is 0. The zero-order valence-electron chi connectivity index (χ0n) is 10.0. The van der Waals surface area contributed by atoms with Gasteiger partial charge in [-0.1, -0.05) is 12.1 Å². The Bertz CT molecular complexity index is 580. The molecule has 5 nitrogen and oxygen atoms in total. The van der Waals surface area contributed by atoms with Gasteiger partial charge in [-0.25, -0.2) is 4.98 Å². The summed E-state index contributed by atoms with van der Waals surface area (Å²) in [7, 11) is 0. The lowest BCUT2D eigenvalue weighted by atomic mass is 10.2. The summed E-state index contributed by atoms with van der Waals surface area (Å²) in [6, 6.07) is 6.45. The Hall–Kier alpha value is -1.95. The van der Waals surface area contributed by atoms with Gasteiger partial charge in [0.05, 0.1) is 16.4 Å². The molecule has 0 aliphatic carbocycles. The molecule has 0 aliphatic heterocycles. The van der Waals surface area contributed by atoms with Gasteiger partial charge in [-0.3, -0.25) is 10.1 Å². The Kier molecular flexibility index (Phi) is 3.57. The Morgan fingerprint density at radius 2 is 2.28 bits per heavy atom. The number of aromatic nitrogens is 1. The molecule has 0 saturated heterocycles. The lowest BCUT2D eigenvalue weighted by Crippen LogP contribution is -1.92. The molecule has 0 unspecified atom stereocenters. The van der Waals surface area contributed by atoms with Crippen LogP contribution in [0.2, 0.25) is 0 Å². The van der Waals surface area contributed by atoms with Crippen molar-refractivity contribution in [3.8, 4) is 16.5 Å². The van der Waals surface area contributed by atoms with Crippen LogP contribution in [-0.2, 0) is 0 Å². The van der Waals surface area contributed by atoms with Crippen molar-refractivity contribution in [3.63, 3.8) is 0 Å². The number of nitrogens with zero attached hydrogens (tertiary/aromatic N) is 2. The molecule has 1 aromatic carbocycles.